The highest BCUT2D eigenvalue weighted by Gasteiger charge is 2.16. The van der Waals surface area contributed by atoms with Crippen LogP contribution in [0.25, 0.3) is 0 Å². The second-order valence-electron chi connectivity index (χ2n) is 4.39. The van der Waals surface area contributed by atoms with Crippen LogP contribution in [0.2, 0.25) is 0 Å². The van der Waals surface area contributed by atoms with Crippen molar-refractivity contribution in [3.8, 4) is 0 Å². The number of nitrogens with one attached hydrogen (secondary N) is 1. The molecule has 0 radical (unpaired) electrons. The fraction of sp³-hybridized carbons (Fsp3) is 0.538. The van der Waals surface area contributed by atoms with Gasteiger partial charge in [0, 0.05) is 52.1 Å². The molecule has 1 aromatic carbocycles. The van der Waals surface area contributed by atoms with E-state index in [1.807, 2.05) is 0 Å². The summed E-state index contributed by atoms with van der Waals surface area (Å²) in [6.07, 6.45) is 0. The van der Waals surface area contributed by atoms with Gasteiger partial charge in [0.15, 0.2) is 0 Å². The Hall–Kier alpha value is -0.390. The predicted molar refractivity (Wildman–Crippen MR) is 81.6 cm³/mol. The first-order valence-corrected chi connectivity index (χ1v) is 8.58. The molecule has 0 unspecified atom stereocenters. The van der Waals surface area contributed by atoms with Crippen molar-refractivity contribution in [1.82, 2.24) is 5.32 Å². The Morgan fingerprint density at radius 1 is 1.39 bits per heavy atom. The van der Waals surface area contributed by atoms with Gasteiger partial charge in [-0.2, -0.15) is 0 Å². The average Bonchev–Trinajstić information content (AvgIpc) is 2.38. The highest BCUT2D eigenvalue weighted by molar-refractivity contribution is 9.10. The van der Waals surface area contributed by atoms with Crippen LogP contribution in [0, 0.1) is 0 Å². The molecule has 0 aliphatic carbocycles. The third-order valence-corrected chi connectivity index (χ3v) is 5.16. The number of anilines is 1. The Morgan fingerprint density at radius 2 is 2.11 bits per heavy atom. The fourth-order valence-electron chi connectivity index (χ4n) is 2.03. The molecule has 5 heteroatoms. The number of rotatable bonds is 4. The van der Waals surface area contributed by atoms with E-state index in [4.69, 9.17) is 0 Å². The van der Waals surface area contributed by atoms with Gasteiger partial charge in [0.1, 0.15) is 0 Å². The van der Waals surface area contributed by atoms with Crippen LogP contribution >= 0.6 is 15.9 Å². The second-order valence-corrected chi connectivity index (χ2v) is 6.94. The quantitative estimate of drug-likeness (QED) is 0.917. The molecule has 0 bridgehead atoms. The maximum Gasteiger partial charge on any atom is 0.0411 e. The second kappa shape index (κ2) is 6.68. The summed E-state index contributed by atoms with van der Waals surface area (Å²) < 4.78 is 12.5. The summed E-state index contributed by atoms with van der Waals surface area (Å²) in [6.45, 7) is 5.76. The maximum atomic E-state index is 11.3. The molecule has 0 atom stereocenters. The monoisotopic (exact) mass is 330 g/mol. The van der Waals surface area contributed by atoms with Crippen LogP contribution in [0.1, 0.15) is 12.5 Å². The number of hydrogen-bond donors (Lipinski definition) is 1. The minimum absolute atomic E-state index is 0.612. The van der Waals surface area contributed by atoms with Gasteiger partial charge in [0.05, 0.1) is 0 Å². The highest BCUT2D eigenvalue weighted by atomic mass is 79.9. The molecule has 0 aromatic heterocycles. The van der Waals surface area contributed by atoms with E-state index in [1.165, 1.54) is 11.3 Å². The van der Waals surface area contributed by atoms with Crippen molar-refractivity contribution in [2.45, 2.75) is 13.5 Å². The van der Waals surface area contributed by atoms with E-state index in [0.717, 1.165) is 42.2 Å². The van der Waals surface area contributed by atoms with Crippen LogP contribution in [-0.4, -0.2) is 35.3 Å². The van der Waals surface area contributed by atoms with Crippen molar-refractivity contribution in [1.29, 1.82) is 0 Å². The Bertz CT molecular complexity index is 429. The molecular formula is C13H19BrN2OS. The van der Waals surface area contributed by atoms with E-state index in [-0.39, 0.29) is 0 Å². The Balaban J connectivity index is 2.06. The SMILES string of the molecule is CCNCc1ccc(N2CCS(=O)CC2)cc1Br. The van der Waals surface area contributed by atoms with Gasteiger partial charge in [0.25, 0.3) is 0 Å². The molecule has 100 valence electrons. The molecule has 0 amide bonds. The number of hydrogen-bond acceptors (Lipinski definition) is 3. The zero-order valence-electron chi connectivity index (χ0n) is 10.6. The molecular weight excluding hydrogens is 312 g/mol. The van der Waals surface area contributed by atoms with Crippen molar-refractivity contribution in [3.05, 3.63) is 28.2 Å². The first-order chi connectivity index (χ1) is 8.70. The standard InChI is InChI=1S/C13H19BrN2OS/c1-2-15-10-11-3-4-12(9-13(11)14)16-5-7-18(17)8-6-16/h3-4,9,15H,2,5-8,10H2,1H3. The molecule has 1 saturated heterocycles. The summed E-state index contributed by atoms with van der Waals surface area (Å²) in [6, 6.07) is 6.49. The van der Waals surface area contributed by atoms with Gasteiger partial charge in [-0.05, 0) is 24.2 Å². The van der Waals surface area contributed by atoms with E-state index in [1.54, 1.807) is 0 Å². The molecule has 1 heterocycles. The minimum Gasteiger partial charge on any atom is -0.370 e. The molecule has 0 spiro atoms. The van der Waals surface area contributed by atoms with Gasteiger partial charge in [-0.1, -0.05) is 28.9 Å². The molecule has 1 aromatic rings. The van der Waals surface area contributed by atoms with Crippen LogP contribution in [0.5, 0.6) is 0 Å². The number of nitrogens with zero attached hydrogens (tertiary/aromatic N) is 1. The lowest BCUT2D eigenvalue weighted by atomic mass is 10.2. The minimum atomic E-state index is -0.612. The number of halogens is 1. The summed E-state index contributed by atoms with van der Waals surface area (Å²) in [4.78, 5) is 2.31. The molecule has 2 rings (SSSR count). The van der Waals surface area contributed by atoms with Crippen molar-refractivity contribution >= 4 is 32.4 Å². The highest BCUT2D eigenvalue weighted by Crippen LogP contribution is 2.25. The zero-order valence-corrected chi connectivity index (χ0v) is 13.0. The topological polar surface area (TPSA) is 32.3 Å². The smallest absolute Gasteiger partial charge is 0.0411 e. The molecule has 18 heavy (non-hydrogen) atoms. The van der Waals surface area contributed by atoms with E-state index in [0.29, 0.717) is 0 Å². The summed E-state index contributed by atoms with van der Waals surface area (Å²) in [5.41, 5.74) is 2.50. The third kappa shape index (κ3) is 3.56. The van der Waals surface area contributed by atoms with Crippen LogP contribution in [-0.2, 0) is 17.3 Å². The molecule has 0 saturated carbocycles. The Labute approximate surface area is 120 Å². The van der Waals surface area contributed by atoms with Gasteiger partial charge < -0.3 is 10.2 Å². The van der Waals surface area contributed by atoms with Crippen LogP contribution in [0.15, 0.2) is 22.7 Å². The summed E-state index contributed by atoms with van der Waals surface area (Å²) in [5, 5.41) is 3.33. The average molecular weight is 331 g/mol. The lowest BCUT2D eigenvalue weighted by molar-refractivity contribution is 0.673. The van der Waals surface area contributed by atoms with Gasteiger partial charge >= 0.3 is 0 Å². The normalized spacial score (nSPS) is 17.1. The zero-order chi connectivity index (χ0) is 13.0. The van der Waals surface area contributed by atoms with E-state index < -0.39 is 10.8 Å². The predicted octanol–water partition coefficient (Wildman–Crippen LogP) is 2.13. The van der Waals surface area contributed by atoms with Crippen molar-refractivity contribution in [3.63, 3.8) is 0 Å². The van der Waals surface area contributed by atoms with Gasteiger partial charge in [0.2, 0.25) is 0 Å². The van der Waals surface area contributed by atoms with Gasteiger partial charge in [-0.25, -0.2) is 0 Å². The Morgan fingerprint density at radius 3 is 2.72 bits per heavy atom. The maximum absolute atomic E-state index is 11.3. The molecule has 3 nitrogen and oxygen atoms in total. The third-order valence-electron chi connectivity index (χ3n) is 3.14. The van der Waals surface area contributed by atoms with Crippen LogP contribution in [0.4, 0.5) is 5.69 Å². The van der Waals surface area contributed by atoms with Crippen molar-refractivity contribution < 1.29 is 4.21 Å². The molecule has 1 N–H and O–H groups in total. The molecule has 1 aliphatic heterocycles. The van der Waals surface area contributed by atoms with Crippen molar-refractivity contribution in [2.75, 3.05) is 36.0 Å². The van der Waals surface area contributed by atoms with Gasteiger partial charge in [-0.3, -0.25) is 4.21 Å². The molecule has 1 fully saturated rings. The van der Waals surface area contributed by atoms with Crippen LogP contribution in [0.3, 0.4) is 0 Å². The first kappa shape index (κ1) is 14.0. The number of benzene rings is 1. The van der Waals surface area contributed by atoms with Crippen LogP contribution < -0.4 is 10.2 Å². The lowest BCUT2D eigenvalue weighted by Crippen LogP contribution is -2.37. The van der Waals surface area contributed by atoms with E-state index in [2.05, 4.69) is 51.3 Å². The van der Waals surface area contributed by atoms with E-state index in [9.17, 15) is 4.21 Å². The van der Waals surface area contributed by atoms with Gasteiger partial charge in [-0.15, -0.1) is 0 Å². The largest absolute Gasteiger partial charge is 0.370 e. The first-order valence-electron chi connectivity index (χ1n) is 6.29. The Kier molecular flexibility index (Phi) is 5.21. The fourth-order valence-corrected chi connectivity index (χ4v) is 3.59. The summed E-state index contributed by atoms with van der Waals surface area (Å²) in [7, 11) is -0.612. The van der Waals surface area contributed by atoms with Crippen molar-refractivity contribution in [2.24, 2.45) is 0 Å². The summed E-state index contributed by atoms with van der Waals surface area (Å²) >= 11 is 3.63. The lowest BCUT2D eigenvalue weighted by Gasteiger charge is -2.28. The van der Waals surface area contributed by atoms with E-state index >= 15 is 0 Å². The summed E-state index contributed by atoms with van der Waals surface area (Å²) in [5.74, 6) is 1.58. The molecule has 1 aliphatic rings.